The van der Waals surface area contributed by atoms with Crippen LogP contribution in [0.1, 0.15) is 92.6 Å². The van der Waals surface area contributed by atoms with Crippen LogP contribution in [-0.2, 0) is 19.1 Å². The number of hydrogen-bond acceptors (Lipinski definition) is 6. The van der Waals surface area contributed by atoms with Gasteiger partial charge < -0.3 is 25.0 Å². The first-order chi connectivity index (χ1) is 18.3. The van der Waals surface area contributed by atoms with Crippen LogP contribution in [0.3, 0.4) is 0 Å². The monoisotopic (exact) mass is 525 g/mol. The number of rotatable bonds is 8. The normalized spacial score (nSPS) is 27.8. The van der Waals surface area contributed by atoms with Crippen LogP contribution in [0.5, 0.6) is 0 Å². The molecule has 1 aliphatic carbocycles. The Kier molecular flexibility index (Phi) is 8.22. The number of fused-ring (bicyclic) bond motifs is 1. The lowest BCUT2D eigenvalue weighted by Gasteiger charge is -2.35. The Morgan fingerprint density at radius 3 is 2.47 bits per heavy atom. The number of primary amides is 1. The molecule has 1 aromatic carbocycles. The third-order valence-electron chi connectivity index (χ3n) is 9.35. The van der Waals surface area contributed by atoms with Crippen LogP contribution >= 0.6 is 0 Å². The molecule has 3 aliphatic heterocycles. The van der Waals surface area contributed by atoms with Crippen molar-refractivity contribution in [3.05, 3.63) is 34.9 Å². The van der Waals surface area contributed by atoms with Gasteiger partial charge in [0.25, 0.3) is 0 Å². The van der Waals surface area contributed by atoms with Crippen molar-refractivity contribution in [3.63, 3.8) is 0 Å². The van der Waals surface area contributed by atoms with E-state index in [0.717, 1.165) is 57.2 Å². The molecule has 1 aromatic rings. The highest BCUT2D eigenvalue weighted by atomic mass is 16.6. The Labute approximate surface area is 226 Å². The molecule has 0 spiro atoms. The quantitative estimate of drug-likeness (QED) is 0.559. The fourth-order valence-electron chi connectivity index (χ4n) is 7.32. The van der Waals surface area contributed by atoms with E-state index in [2.05, 4.69) is 24.8 Å². The Morgan fingerprint density at radius 2 is 1.84 bits per heavy atom. The maximum absolute atomic E-state index is 14.5. The zero-order valence-corrected chi connectivity index (χ0v) is 23.1. The summed E-state index contributed by atoms with van der Waals surface area (Å²) in [6.07, 6.45) is 5.31. The fraction of sp³-hybridized carbons (Fsp3) is 0.700. The molecular weight excluding hydrogens is 482 g/mol. The van der Waals surface area contributed by atoms with Crippen LogP contribution in [0.25, 0.3) is 0 Å². The number of amides is 2. The average Bonchev–Trinajstić information content (AvgIpc) is 3.64. The van der Waals surface area contributed by atoms with Crippen molar-refractivity contribution in [2.24, 2.45) is 11.7 Å². The standard InChI is InChI=1S/C30H43N3O5/c1-4-37-25-16-33(27-24(34)17-38-28(25)27)30(36)26(20-7-5-6-8-20)23-15-21(9-10-22(23)29(31)35)19-11-13-32(14-12-19)18(2)3/h9-10,15,18-20,25-28H,4-8,11-14,16-17H2,1-3H3,(H2,31,35)/t25-,26-,27+,28+/m0/s1. The summed E-state index contributed by atoms with van der Waals surface area (Å²) in [5.41, 5.74) is 8.22. The van der Waals surface area contributed by atoms with Crippen molar-refractivity contribution in [1.82, 2.24) is 9.80 Å². The van der Waals surface area contributed by atoms with Gasteiger partial charge in [0.2, 0.25) is 11.8 Å². The van der Waals surface area contributed by atoms with Gasteiger partial charge >= 0.3 is 0 Å². The zero-order valence-electron chi connectivity index (χ0n) is 23.1. The Bertz CT molecular complexity index is 1040. The highest BCUT2D eigenvalue weighted by molar-refractivity contribution is 5.99. The van der Waals surface area contributed by atoms with Crippen LogP contribution in [0.4, 0.5) is 0 Å². The molecule has 3 saturated heterocycles. The summed E-state index contributed by atoms with van der Waals surface area (Å²) in [5, 5.41) is 0. The number of hydrogen-bond donors (Lipinski definition) is 1. The smallest absolute Gasteiger partial charge is 0.249 e. The lowest BCUT2D eigenvalue weighted by atomic mass is 9.78. The van der Waals surface area contributed by atoms with Gasteiger partial charge in [-0.3, -0.25) is 14.4 Å². The molecule has 5 rings (SSSR count). The van der Waals surface area contributed by atoms with Crippen LogP contribution in [0, 0.1) is 5.92 Å². The lowest BCUT2D eigenvalue weighted by Crippen LogP contribution is -2.45. The zero-order chi connectivity index (χ0) is 27.0. The highest BCUT2D eigenvalue weighted by Gasteiger charge is 2.54. The number of piperidine rings is 1. The van der Waals surface area contributed by atoms with Gasteiger partial charge in [-0.2, -0.15) is 0 Å². The SMILES string of the molecule is CCO[C@H]1CN(C(=O)[C@H](c2cc(C3CCN(C(C)C)CC3)ccc2C(N)=O)C2CCCC2)[C@@H]2C(=O)CO[C@H]12. The maximum Gasteiger partial charge on any atom is 0.249 e. The number of ketones is 1. The second kappa shape index (κ2) is 11.4. The van der Waals surface area contributed by atoms with Crippen molar-refractivity contribution < 1.29 is 23.9 Å². The van der Waals surface area contributed by atoms with Crippen LogP contribution in [0.15, 0.2) is 18.2 Å². The van der Waals surface area contributed by atoms with E-state index in [4.69, 9.17) is 15.2 Å². The molecule has 0 bridgehead atoms. The number of benzene rings is 1. The summed E-state index contributed by atoms with van der Waals surface area (Å²) in [7, 11) is 0. The second-order valence-electron chi connectivity index (χ2n) is 11.8. The molecule has 208 valence electrons. The minimum absolute atomic E-state index is 0.00782. The minimum Gasteiger partial charge on any atom is -0.374 e. The summed E-state index contributed by atoms with van der Waals surface area (Å²) in [4.78, 5) is 44.2. The van der Waals surface area contributed by atoms with E-state index in [0.29, 0.717) is 30.7 Å². The number of nitrogens with zero attached hydrogens (tertiary/aromatic N) is 2. The fourth-order valence-corrected chi connectivity index (χ4v) is 7.32. The molecule has 2 N–H and O–H groups in total. The van der Waals surface area contributed by atoms with Crippen molar-refractivity contribution in [3.8, 4) is 0 Å². The molecule has 4 atom stereocenters. The van der Waals surface area contributed by atoms with E-state index < -0.39 is 24.0 Å². The molecule has 3 heterocycles. The van der Waals surface area contributed by atoms with Crippen LogP contribution in [0.2, 0.25) is 0 Å². The van der Waals surface area contributed by atoms with Crippen molar-refractivity contribution in [1.29, 1.82) is 0 Å². The van der Waals surface area contributed by atoms with Gasteiger partial charge in [-0.1, -0.05) is 25.0 Å². The molecule has 8 nitrogen and oxygen atoms in total. The van der Waals surface area contributed by atoms with Gasteiger partial charge in [0, 0.05) is 18.2 Å². The molecule has 4 aliphatic rings. The molecule has 8 heteroatoms. The average molecular weight is 526 g/mol. The summed E-state index contributed by atoms with van der Waals surface area (Å²) >= 11 is 0. The first-order valence-electron chi connectivity index (χ1n) is 14.5. The summed E-state index contributed by atoms with van der Waals surface area (Å²) in [6, 6.07) is 5.86. The first-order valence-corrected chi connectivity index (χ1v) is 14.5. The third kappa shape index (κ3) is 5.15. The van der Waals surface area contributed by atoms with Gasteiger partial charge in [0.05, 0.1) is 12.5 Å². The molecular formula is C30H43N3O5. The van der Waals surface area contributed by atoms with E-state index in [-0.39, 0.29) is 30.3 Å². The van der Waals surface area contributed by atoms with E-state index in [9.17, 15) is 14.4 Å². The molecule has 4 fully saturated rings. The highest BCUT2D eigenvalue weighted by Crippen LogP contribution is 2.43. The number of ether oxygens (including phenoxy) is 2. The molecule has 0 unspecified atom stereocenters. The summed E-state index contributed by atoms with van der Waals surface area (Å²) in [6.45, 7) is 9.28. The van der Waals surface area contributed by atoms with Crippen molar-refractivity contribution >= 4 is 17.6 Å². The minimum atomic E-state index is -0.622. The van der Waals surface area contributed by atoms with Crippen molar-refractivity contribution in [2.75, 3.05) is 32.8 Å². The summed E-state index contributed by atoms with van der Waals surface area (Å²) < 4.78 is 11.7. The predicted molar refractivity (Wildman–Crippen MR) is 144 cm³/mol. The molecule has 0 radical (unpaired) electrons. The Balaban J connectivity index is 1.50. The molecule has 38 heavy (non-hydrogen) atoms. The van der Waals surface area contributed by atoms with Crippen molar-refractivity contribution in [2.45, 2.75) is 95.4 Å². The van der Waals surface area contributed by atoms with E-state index in [1.54, 1.807) is 4.90 Å². The maximum atomic E-state index is 14.5. The lowest BCUT2D eigenvalue weighted by molar-refractivity contribution is -0.139. The van der Waals surface area contributed by atoms with E-state index in [1.807, 2.05) is 19.1 Å². The van der Waals surface area contributed by atoms with Gasteiger partial charge in [-0.25, -0.2) is 0 Å². The number of likely N-dealkylation sites (tertiary alicyclic amines) is 2. The Hall–Kier alpha value is -2.29. The van der Waals surface area contributed by atoms with Gasteiger partial charge in [0.1, 0.15) is 24.9 Å². The summed E-state index contributed by atoms with van der Waals surface area (Å²) in [5.74, 6) is -0.693. The number of nitrogens with two attached hydrogens (primary N) is 1. The first kappa shape index (κ1) is 27.3. The largest absolute Gasteiger partial charge is 0.374 e. The van der Waals surface area contributed by atoms with Gasteiger partial charge in [-0.05, 0) is 88.6 Å². The molecule has 2 amide bonds. The van der Waals surface area contributed by atoms with Gasteiger partial charge in [0.15, 0.2) is 5.78 Å². The number of carbonyl (C=O) groups excluding carboxylic acids is 3. The number of carbonyl (C=O) groups is 3. The van der Waals surface area contributed by atoms with E-state index in [1.165, 1.54) is 5.56 Å². The van der Waals surface area contributed by atoms with E-state index >= 15 is 0 Å². The van der Waals surface area contributed by atoms with Crippen LogP contribution < -0.4 is 5.73 Å². The van der Waals surface area contributed by atoms with Crippen LogP contribution in [-0.4, -0.2) is 84.5 Å². The van der Waals surface area contributed by atoms with Gasteiger partial charge in [-0.15, -0.1) is 0 Å². The predicted octanol–water partition coefficient (Wildman–Crippen LogP) is 3.23. The molecule has 0 aromatic heterocycles. The third-order valence-corrected chi connectivity index (χ3v) is 9.35. The topological polar surface area (TPSA) is 102 Å². The second-order valence-corrected chi connectivity index (χ2v) is 11.8. The Morgan fingerprint density at radius 1 is 1.13 bits per heavy atom. The molecule has 1 saturated carbocycles. The number of Topliss-reactive ketones (excluding diaryl/α,β-unsaturated/α-hetero) is 1.